The van der Waals surface area contributed by atoms with Crippen molar-refractivity contribution in [3.63, 3.8) is 0 Å². The lowest BCUT2D eigenvalue weighted by molar-refractivity contribution is -0.113. The number of nitrogen functional groups attached to an aromatic ring is 1. The van der Waals surface area contributed by atoms with Crippen molar-refractivity contribution in [3.05, 3.63) is 22.7 Å². The number of rotatable bonds is 10. The number of nitrogens with two attached hydrogens (primary N) is 1. The quantitative estimate of drug-likeness (QED) is 0.580. The van der Waals surface area contributed by atoms with Crippen LogP contribution < -0.4 is 11.4 Å². The van der Waals surface area contributed by atoms with E-state index >= 15 is 0 Å². The third-order valence-electron chi connectivity index (χ3n) is 3.26. The van der Waals surface area contributed by atoms with Crippen LogP contribution in [-0.2, 0) is 23.1 Å². The number of ether oxygens (including phenoxy) is 2. The molecule has 0 amide bonds. The Morgan fingerprint density at radius 3 is 2.58 bits per heavy atom. The van der Waals surface area contributed by atoms with Gasteiger partial charge in [-0.25, -0.2) is 9.36 Å². The van der Waals surface area contributed by atoms with E-state index in [1.165, 1.54) is 23.9 Å². The number of hydrogen-bond donors (Lipinski definition) is 2. The summed E-state index contributed by atoms with van der Waals surface area (Å²) in [5.41, 5.74) is 4.89. The summed E-state index contributed by atoms with van der Waals surface area (Å²) in [6.45, 7) is 3.46. The highest BCUT2D eigenvalue weighted by Crippen LogP contribution is 2.44. The molecule has 0 aliphatic heterocycles. The fourth-order valence-corrected chi connectivity index (χ4v) is 2.68. The average Bonchev–Trinajstić information content (AvgIpc) is 2.51. The highest BCUT2D eigenvalue weighted by atomic mass is 31.2. The van der Waals surface area contributed by atoms with E-state index < -0.39 is 31.9 Å². The summed E-state index contributed by atoms with van der Waals surface area (Å²) in [7, 11) is -1.72. The summed E-state index contributed by atoms with van der Waals surface area (Å²) in [5.74, 6) is 0.109. The molecular formula is C13H24N3O7P. The van der Waals surface area contributed by atoms with Gasteiger partial charge in [-0.2, -0.15) is 4.98 Å². The van der Waals surface area contributed by atoms with E-state index in [0.717, 1.165) is 7.11 Å². The van der Waals surface area contributed by atoms with Crippen LogP contribution in [0.25, 0.3) is 0 Å². The average molecular weight is 365 g/mol. The van der Waals surface area contributed by atoms with Crippen LogP contribution in [-0.4, -0.2) is 47.5 Å². The molecule has 0 fully saturated rings. The summed E-state index contributed by atoms with van der Waals surface area (Å²) < 4.78 is 33.2. The lowest BCUT2D eigenvalue weighted by Gasteiger charge is -2.29. The van der Waals surface area contributed by atoms with Crippen LogP contribution in [0.15, 0.2) is 17.1 Å². The molecule has 10 nitrogen and oxygen atoms in total. The lowest BCUT2D eigenvalue weighted by Crippen LogP contribution is -2.37. The highest BCUT2D eigenvalue weighted by Gasteiger charge is 2.32. The number of aromatic nitrogens is 2. The molecule has 3 N–H and O–H groups in total. The van der Waals surface area contributed by atoms with E-state index in [9.17, 15) is 14.3 Å². The Labute approximate surface area is 140 Å². The van der Waals surface area contributed by atoms with Crippen molar-refractivity contribution >= 4 is 13.6 Å². The van der Waals surface area contributed by atoms with Gasteiger partial charge in [-0.05, 0) is 19.4 Å². The number of nitrogens with zero attached hydrogens (tertiary/aromatic N) is 2. The molecule has 3 unspecified atom stereocenters. The van der Waals surface area contributed by atoms with Gasteiger partial charge in [0.05, 0.1) is 12.7 Å². The first-order valence-corrected chi connectivity index (χ1v) is 8.79. The second kappa shape index (κ2) is 9.26. The Morgan fingerprint density at radius 1 is 1.42 bits per heavy atom. The van der Waals surface area contributed by atoms with Crippen LogP contribution in [0.2, 0.25) is 0 Å². The van der Waals surface area contributed by atoms with Gasteiger partial charge < -0.3 is 20.1 Å². The standard InChI is InChI=1S/C13H24N3O7P/c1-5-10(11(8-20-3)23-24(18,19)21-4)22-9(2)16-7-6-12(14)15-13(16)17/h6-7,9-11H,5,8H2,1-4H3,(H,18,19)(H2,14,15,17)/t9?,10-,11?/m0/s1. The topological polar surface area (TPSA) is 135 Å². The number of phosphoric acid groups is 1. The van der Waals surface area contributed by atoms with Gasteiger partial charge in [-0.15, -0.1) is 0 Å². The third kappa shape index (κ3) is 5.97. The second-order valence-corrected chi connectivity index (χ2v) is 6.49. The smallest absolute Gasteiger partial charge is 0.383 e. The summed E-state index contributed by atoms with van der Waals surface area (Å²) in [5, 5.41) is 0. The van der Waals surface area contributed by atoms with Crippen molar-refractivity contribution in [2.24, 2.45) is 0 Å². The minimum absolute atomic E-state index is 0.00796. The lowest BCUT2D eigenvalue weighted by atomic mass is 10.1. The number of methoxy groups -OCH3 is 1. The zero-order valence-electron chi connectivity index (χ0n) is 14.1. The van der Waals surface area contributed by atoms with Gasteiger partial charge in [0.15, 0.2) is 0 Å². The highest BCUT2D eigenvalue weighted by molar-refractivity contribution is 7.47. The maximum atomic E-state index is 11.9. The Kier molecular flexibility index (Phi) is 8.01. The van der Waals surface area contributed by atoms with Crippen LogP contribution in [0.1, 0.15) is 26.5 Å². The van der Waals surface area contributed by atoms with Crippen molar-refractivity contribution in [1.82, 2.24) is 9.55 Å². The molecule has 0 bridgehead atoms. The van der Waals surface area contributed by atoms with Gasteiger partial charge in [0.25, 0.3) is 0 Å². The third-order valence-corrected chi connectivity index (χ3v) is 4.26. The molecule has 11 heteroatoms. The molecule has 0 radical (unpaired) electrons. The summed E-state index contributed by atoms with van der Waals surface area (Å²) in [6, 6.07) is 1.47. The van der Waals surface area contributed by atoms with Gasteiger partial charge >= 0.3 is 13.5 Å². The summed E-state index contributed by atoms with van der Waals surface area (Å²) >= 11 is 0. The molecule has 4 atom stereocenters. The van der Waals surface area contributed by atoms with E-state index in [2.05, 4.69) is 9.51 Å². The van der Waals surface area contributed by atoms with E-state index in [1.54, 1.807) is 6.92 Å². The molecule has 0 aromatic carbocycles. The van der Waals surface area contributed by atoms with Gasteiger partial charge in [0.1, 0.15) is 18.1 Å². The maximum Gasteiger partial charge on any atom is 0.472 e. The van der Waals surface area contributed by atoms with E-state index in [-0.39, 0.29) is 12.4 Å². The normalized spacial score (nSPS) is 17.9. The minimum Gasteiger partial charge on any atom is -0.383 e. The first-order chi connectivity index (χ1) is 11.2. The molecule has 0 aliphatic rings. The fraction of sp³-hybridized carbons (Fsp3) is 0.692. The second-order valence-electron chi connectivity index (χ2n) is 4.97. The Bertz CT molecular complexity index is 624. The van der Waals surface area contributed by atoms with Gasteiger partial charge in [0, 0.05) is 20.4 Å². The first-order valence-electron chi connectivity index (χ1n) is 7.30. The van der Waals surface area contributed by atoms with Crippen molar-refractivity contribution in [2.75, 3.05) is 26.6 Å². The molecule has 0 aliphatic carbocycles. The van der Waals surface area contributed by atoms with Crippen LogP contribution in [0.3, 0.4) is 0 Å². The minimum atomic E-state index is -4.22. The predicted octanol–water partition coefficient (Wildman–Crippen LogP) is 0.918. The zero-order chi connectivity index (χ0) is 18.3. The molecular weight excluding hydrogens is 341 g/mol. The molecule has 1 aromatic rings. The van der Waals surface area contributed by atoms with Crippen molar-refractivity contribution in [1.29, 1.82) is 0 Å². The molecule has 0 saturated carbocycles. The summed E-state index contributed by atoms with van der Waals surface area (Å²) in [6.07, 6.45) is -0.283. The fourth-order valence-electron chi connectivity index (χ4n) is 2.05. The Hall–Kier alpha value is -1.29. The molecule has 0 spiro atoms. The van der Waals surface area contributed by atoms with Crippen LogP contribution in [0, 0.1) is 0 Å². The zero-order valence-corrected chi connectivity index (χ0v) is 15.0. The molecule has 1 heterocycles. The Morgan fingerprint density at radius 2 is 2.08 bits per heavy atom. The number of hydrogen-bond acceptors (Lipinski definition) is 8. The number of anilines is 1. The molecule has 1 aromatic heterocycles. The SMILES string of the molecule is CC[C@H](OC(C)n1ccc(N)nc1=O)C(COC)OP(=O)(O)OC. The first kappa shape index (κ1) is 20.8. The predicted molar refractivity (Wildman–Crippen MR) is 86.4 cm³/mol. The Balaban J connectivity index is 2.92. The van der Waals surface area contributed by atoms with E-state index in [0.29, 0.717) is 6.42 Å². The van der Waals surface area contributed by atoms with Crippen molar-refractivity contribution in [2.45, 2.75) is 38.7 Å². The van der Waals surface area contributed by atoms with E-state index in [4.69, 9.17) is 19.7 Å². The van der Waals surface area contributed by atoms with Crippen LogP contribution >= 0.6 is 7.82 Å². The van der Waals surface area contributed by atoms with Crippen LogP contribution in [0.5, 0.6) is 0 Å². The van der Waals surface area contributed by atoms with Gasteiger partial charge in [-0.1, -0.05) is 6.92 Å². The van der Waals surface area contributed by atoms with Gasteiger partial charge in [0.2, 0.25) is 0 Å². The molecule has 0 saturated heterocycles. The maximum absolute atomic E-state index is 11.9. The molecule has 24 heavy (non-hydrogen) atoms. The van der Waals surface area contributed by atoms with Crippen molar-refractivity contribution in [3.8, 4) is 0 Å². The van der Waals surface area contributed by atoms with E-state index in [1.807, 2.05) is 6.92 Å². The largest absolute Gasteiger partial charge is 0.472 e. The van der Waals surface area contributed by atoms with Gasteiger partial charge in [-0.3, -0.25) is 13.6 Å². The summed E-state index contributed by atoms with van der Waals surface area (Å²) in [4.78, 5) is 25.0. The van der Waals surface area contributed by atoms with Crippen molar-refractivity contribution < 1.29 is 28.0 Å². The molecule has 1 rings (SSSR count). The molecule has 138 valence electrons. The number of phosphoric ester groups is 1. The monoisotopic (exact) mass is 365 g/mol. The van der Waals surface area contributed by atoms with Crippen LogP contribution in [0.4, 0.5) is 5.82 Å².